The molecule has 0 spiro atoms. The summed E-state index contributed by atoms with van der Waals surface area (Å²) >= 11 is 3.53. The quantitative estimate of drug-likeness (QED) is 0.528. The van der Waals surface area contributed by atoms with Gasteiger partial charge in [-0.1, -0.05) is 28.1 Å². The molecule has 1 aromatic heterocycles. The van der Waals surface area contributed by atoms with Crippen LogP contribution in [0.25, 0.3) is 0 Å². The molecular formula is C25H22BrNO6. The molecule has 1 atom stereocenters. The van der Waals surface area contributed by atoms with E-state index in [1.54, 1.807) is 22.8 Å². The van der Waals surface area contributed by atoms with Crippen LogP contribution in [0.15, 0.2) is 51.7 Å². The first kappa shape index (κ1) is 21.7. The zero-order chi connectivity index (χ0) is 23.1. The van der Waals surface area contributed by atoms with Crippen molar-refractivity contribution in [3.63, 3.8) is 0 Å². The first-order chi connectivity index (χ1) is 15.9. The lowest BCUT2D eigenvalue weighted by Gasteiger charge is -2.29. The number of aromatic hydroxyl groups is 1. The van der Waals surface area contributed by atoms with Crippen LogP contribution in [0.3, 0.4) is 0 Å². The zero-order valence-corrected chi connectivity index (χ0v) is 19.6. The molecule has 0 saturated heterocycles. The molecule has 2 aliphatic heterocycles. The summed E-state index contributed by atoms with van der Waals surface area (Å²) in [6.07, 6.45) is 0.674. The highest BCUT2D eigenvalue weighted by Gasteiger charge is 2.35. The van der Waals surface area contributed by atoms with Crippen molar-refractivity contribution in [1.82, 2.24) is 4.57 Å². The maximum absolute atomic E-state index is 13.7. The van der Waals surface area contributed by atoms with Crippen molar-refractivity contribution >= 4 is 21.9 Å². The standard InChI is InChI=1S/C25H22BrNO6/c1-14-8-21-23(25(30)27(14)7-6-15-2-4-18(28)5-3-15)19(11-22(29)33-21)20-10-17(26)9-16-12-31-13-32-24(16)20/h2-5,8-10,19,28H,6-7,11-13H2,1H3. The summed E-state index contributed by atoms with van der Waals surface area (Å²) in [5, 5.41) is 9.51. The Morgan fingerprint density at radius 1 is 1.15 bits per heavy atom. The van der Waals surface area contributed by atoms with Gasteiger partial charge in [0.2, 0.25) is 0 Å². The van der Waals surface area contributed by atoms with Gasteiger partial charge in [0.25, 0.3) is 5.56 Å². The average Bonchev–Trinajstić information content (AvgIpc) is 2.78. The third-order valence-corrected chi connectivity index (χ3v) is 6.55. The van der Waals surface area contributed by atoms with Crippen molar-refractivity contribution in [2.45, 2.75) is 38.8 Å². The molecular weight excluding hydrogens is 490 g/mol. The Morgan fingerprint density at radius 3 is 2.73 bits per heavy atom. The number of aromatic nitrogens is 1. The van der Waals surface area contributed by atoms with Gasteiger partial charge in [-0.2, -0.15) is 0 Å². The number of pyridine rings is 1. The van der Waals surface area contributed by atoms with Crippen molar-refractivity contribution in [2.75, 3.05) is 6.79 Å². The third-order valence-electron chi connectivity index (χ3n) is 6.09. The number of halogens is 1. The summed E-state index contributed by atoms with van der Waals surface area (Å²) in [7, 11) is 0. The van der Waals surface area contributed by atoms with Crippen molar-refractivity contribution in [2.24, 2.45) is 0 Å². The molecule has 170 valence electrons. The lowest BCUT2D eigenvalue weighted by Crippen LogP contribution is -2.34. The second-order valence-electron chi connectivity index (χ2n) is 8.26. The molecule has 8 heteroatoms. The van der Waals surface area contributed by atoms with Crippen molar-refractivity contribution in [1.29, 1.82) is 0 Å². The van der Waals surface area contributed by atoms with Gasteiger partial charge in [0.15, 0.2) is 6.79 Å². The number of carbonyl (C=O) groups excluding carboxylic acids is 1. The van der Waals surface area contributed by atoms with E-state index in [1.807, 2.05) is 31.2 Å². The molecule has 7 nitrogen and oxygen atoms in total. The largest absolute Gasteiger partial charge is 0.508 e. The number of nitrogens with zero attached hydrogens (tertiary/aromatic N) is 1. The van der Waals surface area contributed by atoms with Crippen LogP contribution in [-0.4, -0.2) is 22.4 Å². The van der Waals surface area contributed by atoms with Gasteiger partial charge in [-0.25, -0.2) is 0 Å². The fourth-order valence-electron chi connectivity index (χ4n) is 4.51. The molecule has 3 heterocycles. The highest BCUT2D eigenvalue weighted by molar-refractivity contribution is 9.10. The van der Waals surface area contributed by atoms with E-state index in [-0.39, 0.29) is 30.5 Å². The molecule has 0 radical (unpaired) electrons. The van der Waals surface area contributed by atoms with E-state index in [0.29, 0.717) is 42.3 Å². The van der Waals surface area contributed by atoms with E-state index >= 15 is 0 Å². The molecule has 2 aliphatic rings. The maximum atomic E-state index is 13.7. The molecule has 0 fully saturated rings. The zero-order valence-electron chi connectivity index (χ0n) is 18.0. The second-order valence-corrected chi connectivity index (χ2v) is 9.18. The van der Waals surface area contributed by atoms with Crippen LogP contribution in [0.4, 0.5) is 0 Å². The summed E-state index contributed by atoms with van der Waals surface area (Å²) in [6, 6.07) is 12.5. The smallest absolute Gasteiger partial charge is 0.312 e. The van der Waals surface area contributed by atoms with Gasteiger partial charge in [0, 0.05) is 39.8 Å². The monoisotopic (exact) mass is 511 g/mol. The summed E-state index contributed by atoms with van der Waals surface area (Å²) in [5.41, 5.74) is 3.64. The molecule has 3 aromatic rings. The Balaban J connectivity index is 1.59. The number of hydrogen-bond donors (Lipinski definition) is 1. The number of esters is 1. The molecule has 1 unspecified atom stereocenters. The van der Waals surface area contributed by atoms with Gasteiger partial charge in [0.05, 0.1) is 18.6 Å². The summed E-state index contributed by atoms with van der Waals surface area (Å²) in [5.74, 6) is 0.300. The first-order valence-corrected chi connectivity index (χ1v) is 11.5. The van der Waals surface area contributed by atoms with Crippen molar-refractivity contribution in [3.8, 4) is 17.2 Å². The van der Waals surface area contributed by atoms with E-state index < -0.39 is 5.92 Å². The van der Waals surface area contributed by atoms with Gasteiger partial charge in [-0.3, -0.25) is 9.59 Å². The highest BCUT2D eigenvalue weighted by Crippen LogP contribution is 2.44. The summed E-state index contributed by atoms with van der Waals surface area (Å²) in [6.45, 7) is 2.81. The first-order valence-electron chi connectivity index (χ1n) is 10.7. The van der Waals surface area contributed by atoms with Crippen LogP contribution in [0.2, 0.25) is 0 Å². The van der Waals surface area contributed by atoms with Gasteiger partial charge >= 0.3 is 5.97 Å². The normalized spacial score (nSPS) is 17.0. The van der Waals surface area contributed by atoms with Crippen LogP contribution in [0, 0.1) is 6.92 Å². The minimum Gasteiger partial charge on any atom is -0.508 e. The SMILES string of the molecule is Cc1cc2c(c(=O)n1CCc1ccc(O)cc1)C(c1cc(Br)cc3c1OCOC3)CC(=O)O2. The van der Waals surface area contributed by atoms with E-state index in [2.05, 4.69) is 15.9 Å². The van der Waals surface area contributed by atoms with E-state index in [1.165, 1.54) is 0 Å². The molecule has 5 rings (SSSR count). The lowest BCUT2D eigenvalue weighted by atomic mass is 9.85. The Hall–Kier alpha value is -3.10. The third kappa shape index (κ3) is 4.16. The van der Waals surface area contributed by atoms with Gasteiger partial charge in [-0.15, -0.1) is 0 Å². The number of carbonyl (C=O) groups is 1. The molecule has 0 saturated carbocycles. The minimum atomic E-state index is -0.487. The van der Waals surface area contributed by atoms with Crippen molar-refractivity contribution < 1.29 is 24.1 Å². The van der Waals surface area contributed by atoms with Gasteiger partial charge < -0.3 is 23.9 Å². The van der Waals surface area contributed by atoms with E-state index in [4.69, 9.17) is 14.2 Å². The van der Waals surface area contributed by atoms with Gasteiger partial charge in [0.1, 0.15) is 17.2 Å². The fraction of sp³-hybridized carbons (Fsp3) is 0.280. The highest BCUT2D eigenvalue weighted by atomic mass is 79.9. The average molecular weight is 512 g/mol. The Kier molecular flexibility index (Phi) is 5.72. The van der Waals surface area contributed by atoms with Crippen LogP contribution >= 0.6 is 15.9 Å². The van der Waals surface area contributed by atoms with E-state index in [0.717, 1.165) is 21.2 Å². The van der Waals surface area contributed by atoms with Crippen LogP contribution in [0.1, 0.15) is 40.3 Å². The van der Waals surface area contributed by atoms with Crippen molar-refractivity contribution in [3.05, 3.63) is 85.2 Å². The molecule has 0 bridgehead atoms. The molecule has 33 heavy (non-hydrogen) atoms. The number of fused-ring (bicyclic) bond motifs is 2. The lowest BCUT2D eigenvalue weighted by molar-refractivity contribution is -0.135. The van der Waals surface area contributed by atoms with Crippen LogP contribution < -0.4 is 15.0 Å². The van der Waals surface area contributed by atoms with Gasteiger partial charge in [-0.05, 0) is 43.2 Å². The molecule has 0 amide bonds. The summed E-state index contributed by atoms with van der Waals surface area (Å²) < 4.78 is 19.2. The second kappa shape index (κ2) is 8.68. The maximum Gasteiger partial charge on any atom is 0.312 e. The number of rotatable bonds is 4. The Morgan fingerprint density at radius 2 is 1.94 bits per heavy atom. The molecule has 2 aromatic carbocycles. The number of phenols is 1. The molecule has 0 aliphatic carbocycles. The predicted octanol–water partition coefficient (Wildman–Crippen LogP) is 4.18. The number of hydrogen-bond acceptors (Lipinski definition) is 6. The fourth-order valence-corrected chi connectivity index (χ4v) is 5.03. The minimum absolute atomic E-state index is 0.0520. The number of aryl methyl sites for hydroxylation is 2. The number of benzene rings is 2. The summed E-state index contributed by atoms with van der Waals surface area (Å²) in [4.78, 5) is 26.2. The molecule has 1 N–H and O–H groups in total. The number of ether oxygens (including phenoxy) is 3. The predicted molar refractivity (Wildman–Crippen MR) is 124 cm³/mol. The Bertz CT molecular complexity index is 1300. The number of phenolic OH excluding ortho intramolecular Hbond substituents is 1. The topological polar surface area (TPSA) is 87.0 Å². The Labute approximate surface area is 198 Å². The van der Waals surface area contributed by atoms with E-state index in [9.17, 15) is 14.7 Å². The van der Waals surface area contributed by atoms with Crippen LogP contribution in [0.5, 0.6) is 17.2 Å². The van der Waals surface area contributed by atoms with Crippen LogP contribution in [-0.2, 0) is 29.1 Å².